The number of nitrogens with zero attached hydrogens (tertiary/aromatic N) is 3. The monoisotopic (exact) mass is 421 g/mol. The van der Waals surface area contributed by atoms with Gasteiger partial charge in [-0.15, -0.1) is 0 Å². The molecule has 0 atom stereocenters. The highest BCUT2D eigenvalue weighted by Crippen LogP contribution is 2.30. The zero-order chi connectivity index (χ0) is 21.8. The van der Waals surface area contributed by atoms with Gasteiger partial charge >= 0.3 is 6.03 Å². The summed E-state index contributed by atoms with van der Waals surface area (Å²) in [4.78, 5) is 37.6. The van der Waals surface area contributed by atoms with E-state index in [1.54, 1.807) is 4.90 Å². The molecule has 10 nitrogen and oxygen atoms in total. The van der Waals surface area contributed by atoms with E-state index in [1.165, 1.54) is 28.6 Å². The van der Waals surface area contributed by atoms with Crippen LogP contribution in [-0.4, -0.2) is 53.1 Å². The van der Waals surface area contributed by atoms with Gasteiger partial charge in [0.1, 0.15) is 23.0 Å². The Bertz CT molecular complexity index is 975. The van der Waals surface area contributed by atoms with Crippen LogP contribution < -0.4 is 15.7 Å². The summed E-state index contributed by atoms with van der Waals surface area (Å²) in [5.41, 5.74) is 0.698. The molecule has 0 spiro atoms. The van der Waals surface area contributed by atoms with Crippen molar-refractivity contribution in [1.82, 2.24) is 10.4 Å². The molecule has 0 radical (unpaired) electrons. The SMILES string of the molecule is O=C(NO)c1ccc(N2CCN(C(=O)Nc3c(F)cccc3F)CC2)c([N+](=O)[O-])c1. The number of hydrogen-bond donors (Lipinski definition) is 3. The number of carbonyl (C=O) groups excluding carboxylic acids is 2. The van der Waals surface area contributed by atoms with Crippen LogP contribution in [0.4, 0.5) is 30.6 Å². The number of anilines is 2. The number of hydrogen-bond acceptors (Lipinski definition) is 6. The van der Waals surface area contributed by atoms with Crippen LogP contribution in [0.1, 0.15) is 10.4 Å². The molecule has 158 valence electrons. The van der Waals surface area contributed by atoms with Crippen LogP contribution in [0.15, 0.2) is 36.4 Å². The predicted octanol–water partition coefficient (Wildman–Crippen LogP) is 2.35. The minimum Gasteiger partial charge on any atom is -0.362 e. The lowest BCUT2D eigenvalue weighted by atomic mass is 10.1. The van der Waals surface area contributed by atoms with Crippen molar-refractivity contribution in [2.75, 3.05) is 36.4 Å². The minimum atomic E-state index is -0.899. The molecule has 2 aromatic rings. The Morgan fingerprint density at radius 1 is 1.07 bits per heavy atom. The molecule has 3 N–H and O–H groups in total. The zero-order valence-corrected chi connectivity index (χ0v) is 15.5. The van der Waals surface area contributed by atoms with Crippen molar-refractivity contribution in [3.8, 4) is 0 Å². The second kappa shape index (κ2) is 8.69. The molecule has 1 fully saturated rings. The molecule has 12 heteroatoms. The zero-order valence-electron chi connectivity index (χ0n) is 15.5. The Balaban J connectivity index is 1.70. The van der Waals surface area contributed by atoms with E-state index in [-0.39, 0.29) is 43.1 Å². The number of carbonyl (C=O) groups is 2. The molecule has 0 saturated carbocycles. The van der Waals surface area contributed by atoms with E-state index in [9.17, 15) is 28.5 Å². The molecule has 1 heterocycles. The first-order valence-electron chi connectivity index (χ1n) is 8.79. The van der Waals surface area contributed by atoms with Gasteiger partial charge in [-0.2, -0.15) is 0 Å². The van der Waals surface area contributed by atoms with Crippen LogP contribution in [0.2, 0.25) is 0 Å². The molecule has 3 amide bonds. The third-order valence-corrected chi connectivity index (χ3v) is 4.64. The highest BCUT2D eigenvalue weighted by Gasteiger charge is 2.27. The fraction of sp³-hybridized carbons (Fsp3) is 0.222. The number of piperazine rings is 1. The van der Waals surface area contributed by atoms with Crippen LogP contribution in [0.3, 0.4) is 0 Å². The third-order valence-electron chi connectivity index (χ3n) is 4.64. The topological polar surface area (TPSA) is 128 Å². The standard InChI is InChI=1S/C18H17F2N5O5/c19-12-2-1-3-13(20)16(12)21-18(27)24-8-6-23(7-9-24)14-5-4-11(17(26)22-28)10-15(14)25(29)30/h1-5,10,28H,6-9H2,(H,21,27)(H,22,26). The van der Waals surface area contributed by atoms with E-state index in [2.05, 4.69) is 5.32 Å². The number of amides is 3. The van der Waals surface area contributed by atoms with E-state index >= 15 is 0 Å². The second-order valence-corrected chi connectivity index (χ2v) is 6.40. The maximum absolute atomic E-state index is 13.7. The molecule has 30 heavy (non-hydrogen) atoms. The molecule has 2 aromatic carbocycles. The average Bonchev–Trinajstić information content (AvgIpc) is 2.75. The number of urea groups is 1. The van der Waals surface area contributed by atoms with Gasteiger partial charge in [-0.25, -0.2) is 19.1 Å². The number of hydroxylamine groups is 1. The van der Waals surface area contributed by atoms with Gasteiger partial charge < -0.3 is 15.1 Å². The first kappa shape index (κ1) is 20.9. The van der Waals surface area contributed by atoms with Crippen molar-refractivity contribution in [2.45, 2.75) is 0 Å². The number of para-hydroxylation sites is 1. The van der Waals surface area contributed by atoms with E-state index in [4.69, 9.17) is 5.21 Å². The predicted molar refractivity (Wildman–Crippen MR) is 102 cm³/mol. The van der Waals surface area contributed by atoms with E-state index in [0.717, 1.165) is 18.2 Å². The lowest BCUT2D eigenvalue weighted by Gasteiger charge is -2.35. The molecule has 3 rings (SSSR count). The van der Waals surface area contributed by atoms with Crippen LogP contribution in [0.5, 0.6) is 0 Å². The lowest BCUT2D eigenvalue weighted by Crippen LogP contribution is -2.50. The van der Waals surface area contributed by atoms with Crippen molar-refractivity contribution >= 4 is 29.0 Å². The normalized spacial score (nSPS) is 13.7. The van der Waals surface area contributed by atoms with Gasteiger partial charge in [0, 0.05) is 37.8 Å². The van der Waals surface area contributed by atoms with Gasteiger partial charge in [-0.1, -0.05) is 6.07 Å². The second-order valence-electron chi connectivity index (χ2n) is 6.40. The van der Waals surface area contributed by atoms with Crippen LogP contribution >= 0.6 is 0 Å². The number of rotatable bonds is 4. The summed E-state index contributed by atoms with van der Waals surface area (Å²) in [6.07, 6.45) is 0. The van der Waals surface area contributed by atoms with Gasteiger partial charge in [0.15, 0.2) is 0 Å². The van der Waals surface area contributed by atoms with E-state index in [0.29, 0.717) is 0 Å². The summed E-state index contributed by atoms with van der Waals surface area (Å²) in [6, 6.07) is 6.29. The van der Waals surface area contributed by atoms with Crippen molar-refractivity contribution < 1.29 is 28.5 Å². The maximum Gasteiger partial charge on any atom is 0.322 e. The van der Waals surface area contributed by atoms with Crippen molar-refractivity contribution in [1.29, 1.82) is 0 Å². The Kier molecular flexibility index (Phi) is 6.06. The quantitative estimate of drug-likeness (QED) is 0.395. The summed E-state index contributed by atoms with van der Waals surface area (Å²) in [7, 11) is 0. The summed E-state index contributed by atoms with van der Waals surface area (Å²) >= 11 is 0. The number of nitro benzene ring substituents is 1. The van der Waals surface area contributed by atoms with Crippen molar-refractivity contribution in [3.05, 3.63) is 63.7 Å². The molecule has 1 aliphatic rings. The van der Waals surface area contributed by atoms with Crippen molar-refractivity contribution in [3.63, 3.8) is 0 Å². The van der Waals surface area contributed by atoms with Crippen LogP contribution in [-0.2, 0) is 0 Å². The van der Waals surface area contributed by atoms with E-state index in [1.807, 2.05) is 0 Å². The molecular weight excluding hydrogens is 404 g/mol. The Morgan fingerprint density at radius 2 is 1.70 bits per heavy atom. The molecule has 0 bridgehead atoms. The highest BCUT2D eigenvalue weighted by molar-refractivity contribution is 5.95. The van der Waals surface area contributed by atoms with Gasteiger partial charge in [-0.3, -0.25) is 20.1 Å². The first-order chi connectivity index (χ1) is 14.3. The van der Waals surface area contributed by atoms with Crippen LogP contribution in [0, 0.1) is 21.7 Å². The number of nitro groups is 1. The summed E-state index contributed by atoms with van der Waals surface area (Å²) < 4.78 is 27.4. The van der Waals surface area contributed by atoms with Gasteiger partial charge in [0.05, 0.1) is 4.92 Å². The lowest BCUT2D eigenvalue weighted by molar-refractivity contribution is -0.384. The molecule has 1 saturated heterocycles. The Morgan fingerprint density at radius 3 is 2.27 bits per heavy atom. The van der Waals surface area contributed by atoms with Gasteiger partial charge in [0.25, 0.3) is 11.6 Å². The first-order valence-corrected chi connectivity index (χ1v) is 8.79. The number of halogens is 2. The Labute approximate surface area is 168 Å². The fourth-order valence-electron chi connectivity index (χ4n) is 3.10. The number of benzene rings is 2. The largest absolute Gasteiger partial charge is 0.362 e. The average molecular weight is 421 g/mol. The maximum atomic E-state index is 13.7. The molecular formula is C18H17F2N5O5. The van der Waals surface area contributed by atoms with Crippen molar-refractivity contribution in [2.24, 2.45) is 0 Å². The van der Waals surface area contributed by atoms with Gasteiger partial charge in [-0.05, 0) is 24.3 Å². The van der Waals surface area contributed by atoms with Gasteiger partial charge in [0.2, 0.25) is 0 Å². The highest BCUT2D eigenvalue weighted by atomic mass is 19.1. The smallest absolute Gasteiger partial charge is 0.322 e. The minimum absolute atomic E-state index is 0.0853. The molecule has 0 aromatic heterocycles. The third kappa shape index (κ3) is 4.27. The van der Waals surface area contributed by atoms with E-state index < -0.39 is 34.2 Å². The molecule has 0 aliphatic carbocycles. The fourth-order valence-corrected chi connectivity index (χ4v) is 3.10. The molecule has 1 aliphatic heterocycles. The number of nitrogens with one attached hydrogen (secondary N) is 2. The Hall–Kier alpha value is -3.80. The van der Waals surface area contributed by atoms with Crippen LogP contribution in [0.25, 0.3) is 0 Å². The summed E-state index contributed by atoms with van der Waals surface area (Å²) in [5, 5.41) is 22.3. The summed E-state index contributed by atoms with van der Waals surface area (Å²) in [6.45, 7) is 0.745. The molecule has 0 unspecified atom stereocenters. The summed E-state index contributed by atoms with van der Waals surface area (Å²) in [5.74, 6) is -2.68.